The van der Waals surface area contributed by atoms with Gasteiger partial charge in [0.25, 0.3) is 0 Å². The normalized spacial score (nSPS) is 11.9. The highest BCUT2D eigenvalue weighted by Crippen LogP contribution is 1.80. The van der Waals surface area contributed by atoms with Crippen LogP contribution in [0.3, 0.4) is 0 Å². The van der Waals surface area contributed by atoms with Crippen molar-refractivity contribution in [2.24, 2.45) is 0 Å². The molecule has 0 aliphatic heterocycles. The molecule has 0 aliphatic carbocycles. The largest absolute Gasteiger partial charge is 0.394 e. The maximum absolute atomic E-state index is 10.7. The highest BCUT2D eigenvalue weighted by Gasteiger charge is 2.13. The van der Waals surface area contributed by atoms with Crippen LogP contribution in [-0.4, -0.2) is 29.6 Å². The third kappa shape index (κ3) is 4.14. The molecule has 5 nitrogen and oxygen atoms in total. The molecule has 0 aromatic heterocycles. The number of nitrogens with one attached hydrogen (secondary N) is 2. The number of aliphatic hydroxyl groups excluding tert-OH is 1. The fourth-order valence-electron chi connectivity index (χ4n) is 0.378. The lowest BCUT2D eigenvalue weighted by molar-refractivity contribution is -0.138. The third-order valence-corrected chi connectivity index (χ3v) is 1.43. The van der Waals surface area contributed by atoms with Crippen LogP contribution < -0.4 is 8.85 Å². The second-order valence-electron chi connectivity index (χ2n) is 1.98. The minimum absolute atomic E-state index is 0.180. The van der Waals surface area contributed by atoms with Gasteiger partial charge in [-0.1, -0.05) is 0 Å². The first kappa shape index (κ1) is 10.6. The van der Waals surface area contributed by atoms with Gasteiger partial charge in [-0.3, -0.25) is 13.1 Å². The van der Waals surface area contributed by atoms with E-state index in [2.05, 4.69) is 8.85 Å². The summed E-state index contributed by atoms with van der Waals surface area (Å²) in [6.07, 6.45) is 0. The van der Waals surface area contributed by atoms with Crippen LogP contribution in [0, 0.1) is 0 Å². The van der Waals surface area contributed by atoms with Crippen LogP contribution in [0.25, 0.3) is 0 Å². The Labute approximate surface area is 78.0 Å². The smallest absolute Gasteiger partial charge is 0.317 e. The van der Waals surface area contributed by atoms with Gasteiger partial charge in [0.2, 0.25) is 0 Å². The van der Waals surface area contributed by atoms with Crippen LogP contribution in [0.4, 0.5) is 0 Å². The maximum atomic E-state index is 10.7. The van der Waals surface area contributed by atoms with E-state index in [0.29, 0.717) is 0 Å². The number of carbonyl (C=O) groups is 2. The van der Waals surface area contributed by atoms with Gasteiger partial charge in [0.05, 0.1) is 29.5 Å². The summed E-state index contributed by atoms with van der Waals surface area (Å²) in [5.41, 5.74) is 0. The van der Waals surface area contributed by atoms with E-state index in [-0.39, 0.29) is 6.61 Å². The lowest BCUT2D eigenvalue weighted by Crippen LogP contribution is -2.42. The number of carbonyl (C=O) groups excluding carboxylic acids is 2. The van der Waals surface area contributed by atoms with Crippen LogP contribution in [0.15, 0.2) is 0 Å². The van der Waals surface area contributed by atoms with Gasteiger partial charge in [-0.05, 0) is 6.92 Å². The molecule has 0 saturated heterocycles. The van der Waals surface area contributed by atoms with E-state index in [4.69, 9.17) is 5.11 Å². The topological polar surface area (TPSA) is 78.4 Å². The van der Waals surface area contributed by atoms with Gasteiger partial charge in [-0.15, -0.1) is 0 Å². The predicted molar refractivity (Wildman–Crippen MR) is 46.9 cm³/mol. The number of hydrogen-bond acceptors (Lipinski definition) is 3. The molecular formula is C5H9IN2O3. The minimum atomic E-state index is -0.735. The molecule has 2 amide bonds. The van der Waals surface area contributed by atoms with E-state index >= 15 is 0 Å². The van der Waals surface area contributed by atoms with Crippen molar-refractivity contribution < 1.29 is 14.7 Å². The SMILES string of the molecule is CC(CO)NC(=O)C(=O)NI. The summed E-state index contributed by atoms with van der Waals surface area (Å²) in [6.45, 7) is 1.42. The van der Waals surface area contributed by atoms with Crippen molar-refractivity contribution >= 4 is 34.7 Å². The van der Waals surface area contributed by atoms with E-state index in [9.17, 15) is 9.59 Å². The fourth-order valence-corrected chi connectivity index (χ4v) is 0.623. The molecule has 1 atom stereocenters. The zero-order valence-electron chi connectivity index (χ0n) is 5.93. The standard InChI is InChI=1S/C5H9IN2O3/c1-3(2-9)7-4(10)5(11)8-6/h3,9H,2H2,1H3,(H,7,10)(H,8,11). The number of amides is 2. The Kier molecular flexibility index (Phi) is 5.12. The molecule has 0 saturated carbocycles. The van der Waals surface area contributed by atoms with Crippen molar-refractivity contribution in [2.45, 2.75) is 13.0 Å². The quantitative estimate of drug-likeness (QED) is 0.341. The molecule has 11 heavy (non-hydrogen) atoms. The van der Waals surface area contributed by atoms with E-state index in [1.807, 2.05) is 0 Å². The molecule has 64 valence electrons. The Hall–Kier alpha value is -0.370. The first-order valence-corrected chi connectivity index (χ1v) is 4.02. The molecule has 0 heterocycles. The zero-order valence-corrected chi connectivity index (χ0v) is 8.08. The van der Waals surface area contributed by atoms with Gasteiger partial charge in [-0.2, -0.15) is 0 Å². The Morgan fingerprint density at radius 1 is 1.55 bits per heavy atom. The molecule has 0 aliphatic rings. The van der Waals surface area contributed by atoms with Crippen LogP contribution in [-0.2, 0) is 9.59 Å². The van der Waals surface area contributed by atoms with Crippen molar-refractivity contribution in [1.82, 2.24) is 8.85 Å². The minimum Gasteiger partial charge on any atom is -0.394 e. The molecule has 0 fully saturated rings. The Bertz CT molecular complexity index is 162. The first-order valence-electron chi connectivity index (χ1n) is 2.94. The lowest BCUT2D eigenvalue weighted by Gasteiger charge is -2.08. The van der Waals surface area contributed by atoms with Crippen LogP contribution in [0.2, 0.25) is 0 Å². The van der Waals surface area contributed by atoms with Crippen LogP contribution in [0.1, 0.15) is 6.92 Å². The van der Waals surface area contributed by atoms with E-state index in [1.54, 1.807) is 29.8 Å². The van der Waals surface area contributed by atoms with Gasteiger partial charge >= 0.3 is 11.8 Å². The Morgan fingerprint density at radius 3 is 2.45 bits per heavy atom. The van der Waals surface area contributed by atoms with E-state index < -0.39 is 17.9 Å². The number of aliphatic hydroxyl groups is 1. The second kappa shape index (κ2) is 5.30. The average molecular weight is 272 g/mol. The van der Waals surface area contributed by atoms with E-state index in [0.717, 1.165) is 0 Å². The maximum Gasteiger partial charge on any atom is 0.317 e. The summed E-state index contributed by atoms with van der Waals surface area (Å²) in [4.78, 5) is 21.3. The molecule has 6 heteroatoms. The van der Waals surface area contributed by atoms with Gasteiger partial charge in [0.15, 0.2) is 0 Å². The van der Waals surface area contributed by atoms with Gasteiger partial charge in [0, 0.05) is 6.04 Å². The molecule has 0 radical (unpaired) electrons. The summed E-state index contributed by atoms with van der Waals surface area (Å²) in [6, 6.07) is -0.392. The molecular weight excluding hydrogens is 263 g/mol. The molecule has 0 aromatic rings. The Balaban J connectivity index is 3.77. The summed E-state index contributed by atoms with van der Waals surface area (Å²) in [7, 11) is 0. The monoisotopic (exact) mass is 272 g/mol. The highest BCUT2D eigenvalue weighted by molar-refractivity contribution is 14.1. The lowest BCUT2D eigenvalue weighted by atomic mass is 10.3. The molecule has 0 aromatic carbocycles. The van der Waals surface area contributed by atoms with Gasteiger partial charge in [0.1, 0.15) is 0 Å². The third-order valence-electron chi connectivity index (χ3n) is 0.943. The van der Waals surface area contributed by atoms with Crippen LogP contribution >= 0.6 is 22.9 Å². The van der Waals surface area contributed by atoms with Gasteiger partial charge < -0.3 is 10.4 Å². The molecule has 0 spiro atoms. The zero-order chi connectivity index (χ0) is 8.85. The van der Waals surface area contributed by atoms with Crippen molar-refractivity contribution in [1.29, 1.82) is 0 Å². The average Bonchev–Trinajstić information content (AvgIpc) is 2.02. The molecule has 0 bridgehead atoms. The van der Waals surface area contributed by atoms with Crippen LogP contribution in [0.5, 0.6) is 0 Å². The van der Waals surface area contributed by atoms with Crippen molar-refractivity contribution in [3.8, 4) is 0 Å². The molecule has 1 unspecified atom stereocenters. The summed E-state index contributed by atoms with van der Waals surface area (Å²) >= 11 is 1.56. The number of halogens is 1. The van der Waals surface area contributed by atoms with Crippen molar-refractivity contribution in [2.75, 3.05) is 6.61 Å². The fraction of sp³-hybridized carbons (Fsp3) is 0.600. The molecule has 0 rings (SSSR count). The van der Waals surface area contributed by atoms with Gasteiger partial charge in [-0.25, -0.2) is 0 Å². The second-order valence-corrected chi connectivity index (χ2v) is 2.52. The number of rotatable bonds is 2. The molecule has 3 N–H and O–H groups in total. The van der Waals surface area contributed by atoms with Crippen molar-refractivity contribution in [3.05, 3.63) is 0 Å². The Morgan fingerprint density at radius 2 is 2.09 bits per heavy atom. The summed E-state index contributed by atoms with van der Waals surface area (Å²) in [5, 5.41) is 10.8. The van der Waals surface area contributed by atoms with Crippen molar-refractivity contribution in [3.63, 3.8) is 0 Å². The first-order chi connectivity index (χ1) is 5.11. The summed E-state index contributed by atoms with van der Waals surface area (Å²) in [5.74, 6) is -1.45. The summed E-state index contributed by atoms with van der Waals surface area (Å²) < 4.78 is 2.13. The highest BCUT2D eigenvalue weighted by atomic mass is 127. The number of hydrogen-bond donors (Lipinski definition) is 3. The van der Waals surface area contributed by atoms with E-state index in [1.165, 1.54) is 0 Å². The predicted octanol–water partition coefficient (Wildman–Crippen LogP) is -1.05.